The summed E-state index contributed by atoms with van der Waals surface area (Å²) in [5.74, 6) is 0.658. The first kappa shape index (κ1) is 15.8. The Morgan fingerprint density at radius 3 is 2.71 bits per heavy atom. The van der Waals surface area contributed by atoms with Gasteiger partial charge in [-0.15, -0.1) is 0 Å². The summed E-state index contributed by atoms with van der Waals surface area (Å²) in [7, 11) is 0. The monoisotopic (exact) mass is 395 g/mol. The van der Waals surface area contributed by atoms with Crippen molar-refractivity contribution >= 4 is 34.2 Å². The highest BCUT2D eigenvalue weighted by molar-refractivity contribution is 14.1. The molecule has 3 nitrogen and oxygen atoms in total. The van der Waals surface area contributed by atoms with Crippen LogP contribution in [0.25, 0.3) is 0 Å². The summed E-state index contributed by atoms with van der Waals surface area (Å²) < 4.78 is 6.69. The summed E-state index contributed by atoms with van der Waals surface area (Å²) in [5.41, 5.74) is 1.41. The Bertz CT molecular complexity index is 628. The number of hydrogen-bond acceptors (Lipinski definition) is 2. The smallest absolute Gasteiger partial charge is 0.256 e. The molecule has 1 unspecified atom stereocenters. The lowest BCUT2D eigenvalue weighted by Crippen LogP contribution is -2.14. The van der Waals surface area contributed by atoms with Gasteiger partial charge >= 0.3 is 0 Å². The number of carbonyl (C=O) groups excluding carboxylic acids is 1. The van der Waals surface area contributed by atoms with E-state index >= 15 is 0 Å². The maximum absolute atomic E-state index is 12.3. The van der Waals surface area contributed by atoms with E-state index in [1.54, 1.807) is 0 Å². The Labute approximate surface area is 138 Å². The highest BCUT2D eigenvalue weighted by atomic mass is 127. The third-order valence-electron chi connectivity index (χ3n) is 3.12. The van der Waals surface area contributed by atoms with Crippen molar-refractivity contribution in [1.29, 1.82) is 0 Å². The molecule has 2 rings (SSSR count). The molecule has 0 aromatic heterocycles. The van der Waals surface area contributed by atoms with Gasteiger partial charge in [0.05, 0.1) is 11.7 Å². The van der Waals surface area contributed by atoms with Crippen molar-refractivity contribution in [2.75, 3.05) is 5.32 Å². The number of carbonyl (C=O) groups is 1. The van der Waals surface area contributed by atoms with E-state index in [1.165, 1.54) is 0 Å². The van der Waals surface area contributed by atoms with Crippen LogP contribution >= 0.6 is 22.6 Å². The molecule has 21 heavy (non-hydrogen) atoms. The number of nitrogens with one attached hydrogen (secondary N) is 1. The molecule has 2 aromatic carbocycles. The first-order valence-corrected chi connectivity index (χ1v) is 8.00. The lowest BCUT2D eigenvalue weighted by atomic mass is 10.2. The minimum atomic E-state index is -0.110. The van der Waals surface area contributed by atoms with Crippen LogP contribution in [0.1, 0.15) is 30.6 Å². The largest absolute Gasteiger partial charge is 0.491 e. The molecule has 1 atom stereocenters. The van der Waals surface area contributed by atoms with Crippen molar-refractivity contribution in [2.45, 2.75) is 26.4 Å². The van der Waals surface area contributed by atoms with Gasteiger partial charge in [-0.25, -0.2) is 0 Å². The average molecular weight is 395 g/mol. The van der Waals surface area contributed by atoms with Crippen molar-refractivity contribution < 1.29 is 9.53 Å². The number of hydrogen-bond donors (Lipinski definition) is 1. The predicted molar refractivity (Wildman–Crippen MR) is 93.9 cm³/mol. The highest BCUT2D eigenvalue weighted by Gasteiger charge is 2.10. The maximum atomic E-state index is 12.3. The van der Waals surface area contributed by atoms with Crippen molar-refractivity contribution in [3.8, 4) is 5.75 Å². The van der Waals surface area contributed by atoms with Crippen molar-refractivity contribution in [3.63, 3.8) is 0 Å². The normalized spacial score (nSPS) is 11.8. The fourth-order valence-corrected chi connectivity index (χ4v) is 2.44. The van der Waals surface area contributed by atoms with Crippen LogP contribution in [0.4, 0.5) is 5.69 Å². The predicted octanol–water partition coefficient (Wildman–Crippen LogP) is 4.72. The molecule has 0 bridgehead atoms. The van der Waals surface area contributed by atoms with E-state index in [-0.39, 0.29) is 12.0 Å². The summed E-state index contributed by atoms with van der Waals surface area (Å²) in [4.78, 5) is 12.3. The molecule has 1 N–H and O–H groups in total. The molecule has 0 saturated carbocycles. The standard InChI is InChI=1S/C17H18INO2/c1-3-12(2)21-14-8-6-7-13(11-14)19-17(20)15-9-4-5-10-16(15)18/h4-12H,3H2,1-2H3,(H,19,20). The van der Waals surface area contributed by atoms with Gasteiger partial charge in [-0.05, 0) is 60.2 Å². The van der Waals surface area contributed by atoms with E-state index < -0.39 is 0 Å². The zero-order valence-electron chi connectivity index (χ0n) is 12.1. The highest BCUT2D eigenvalue weighted by Crippen LogP contribution is 2.20. The second kappa shape index (κ2) is 7.45. The Balaban J connectivity index is 2.11. The first-order valence-electron chi connectivity index (χ1n) is 6.92. The Kier molecular flexibility index (Phi) is 5.61. The van der Waals surface area contributed by atoms with Crippen LogP contribution in [0, 0.1) is 3.57 Å². The molecular formula is C17H18INO2. The van der Waals surface area contributed by atoms with Gasteiger partial charge in [-0.3, -0.25) is 4.79 Å². The van der Waals surface area contributed by atoms with Gasteiger partial charge in [0.2, 0.25) is 0 Å². The number of halogens is 1. The van der Waals surface area contributed by atoms with Crippen LogP contribution in [0.3, 0.4) is 0 Å². The zero-order chi connectivity index (χ0) is 15.2. The zero-order valence-corrected chi connectivity index (χ0v) is 14.3. The van der Waals surface area contributed by atoms with Gasteiger partial charge in [-0.1, -0.05) is 25.1 Å². The van der Waals surface area contributed by atoms with Crippen LogP contribution in [0.5, 0.6) is 5.75 Å². The van der Waals surface area contributed by atoms with E-state index in [0.717, 1.165) is 21.4 Å². The van der Waals surface area contributed by atoms with Gasteiger partial charge in [0.15, 0.2) is 0 Å². The van der Waals surface area contributed by atoms with Crippen LogP contribution in [0.2, 0.25) is 0 Å². The Morgan fingerprint density at radius 1 is 1.24 bits per heavy atom. The molecule has 110 valence electrons. The van der Waals surface area contributed by atoms with Gasteiger partial charge in [-0.2, -0.15) is 0 Å². The van der Waals surface area contributed by atoms with E-state index in [4.69, 9.17) is 4.74 Å². The molecular weight excluding hydrogens is 377 g/mol. The number of rotatable bonds is 5. The second-order valence-electron chi connectivity index (χ2n) is 4.80. The topological polar surface area (TPSA) is 38.3 Å². The molecule has 0 heterocycles. The lowest BCUT2D eigenvalue weighted by molar-refractivity contribution is 0.102. The second-order valence-corrected chi connectivity index (χ2v) is 5.96. The number of ether oxygens (including phenoxy) is 1. The molecule has 0 aliphatic carbocycles. The van der Waals surface area contributed by atoms with E-state index in [1.807, 2.05) is 55.5 Å². The molecule has 0 aliphatic rings. The molecule has 0 fully saturated rings. The average Bonchev–Trinajstić information content (AvgIpc) is 2.47. The van der Waals surface area contributed by atoms with Gasteiger partial charge in [0, 0.05) is 15.3 Å². The van der Waals surface area contributed by atoms with Crippen molar-refractivity contribution in [3.05, 3.63) is 57.7 Å². The minimum absolute atomic E-state index is 0.110. The van der Waals surface area contributed by atoms with Crippen molar-refractivity contribution in [2.24, 2.45) is 0 Å². The summed E-state index contributed by atoms with van der Waals surface area (Å²) >= 11 is 2.16. The van der Waals surface area contributed by atoms with Crippen LogP contribution in [-0.2, 0) is 0 Å². The molecule has 0 spiro atoms. The minimum Gasteiger partial charge on any atom is -0.491 e. The summed E-state index contributed by atoms with van der Waals surface area (Å²) in [6.45, 7) is 4.10. The van der Waals surface area contributed by atoms with Crippen LogP contribution < -0.4 is 10.1 Å². The SMILES string of the molecule is CCC(C)Oc1cccc(NC(=O)c2ccccc2I)c1. The fraction of sp³-hybridized carbons (Fsp3) is 0.235. The molecule has 2 aromatic rings. The summed E-state index contributed by atoms with van der Waals surface area (Å²) in [5, 5.41) is 2.91. The Morgan fingerprint density at radius 2 is 2.00 bits per heavy atom. The maximum Gasteiger partial charge on any atom is 0.256 e. The molecule has 0 aliphatic heterocycles. The van der Waals surface area contributed by atoms with Crippen molar-refractivity contribution in [1.82, 2.24) is 0 Å². The number of benzene rings is 2. The van der Waals surface area contributed by atoms with Gasteiger partial charge in [0.1, 0.15) is 5.75 Å². The first-order chi connectivity index (χ1) is 10.1. The summed E-state index contributed by atoms with van der Waals surface area (Å²) in [6, 6.07) is 15.0. The van der Waals surface area contributed by atoms with E-state index in [0.29, 0.717) is 5.56 Å². The van der Waals surface area contributed by atoms with E-state index in [2.05, 4.69) is 34.8 Å². The van der Waals surface area contributed by atoms with Gasteiger partial charge < -0.3 is 10.1 Å². The molecule has 4 heteroatoms. The third kappa shape index (κ3) is 4.46. The lowest BCUT2D eigenvalue weighted by Gasteiger charge is -2.14. The number of anilines is 1. The van der Waals surface area contributed by atoms with Crippen LogP contribution in [0.15, 0.2) is 48.5 Å². The Hall–Kier alpha value is -1.56. The van der Waals surface area contributed by atoms with Gasteiger partial charge in [0.25, 0.3) is 5.91 Å². The molecule has 0 radical (unpaired) electrons. The molecule has 0 saturated heterocycles. The number of amides is 1. The quantitative estimate of drug-likeness (QED) is 0.744. The summed E-state index contributed by atoms with van der Waals surface area (Å²) in [6.07, 6.45) is 1.10. The van der Waals surface area contributed by atoms with Crippen LogP contribution in [-0.4, -0.2) is 12.0 Å². The molecule has 1 amide bonds. The third-order valence-corrected chi connectivity index (χ3v) is 4.06. The van der Waals surface area contributed by atoms with E-state index in [9.17, 15) is 4.79 Å². The fourth-order valence-electron chi connectivity index (χ4n) is 1.81.